The molecule has 12 nitrogen and oxygen atoms in total. The van der Waals surface area contributed by atoms with Crippen molar-refractivity contribution in [2.24, 2.45) is 57.2 Å². The zero-order chi connectivity index (χ0) is 43.3. The van der Waals surface area contributed by atoms with Crippen molar-refractivity contribution in [2.75, 3.05) is 13.2 Å². The van der Waals surface area contributed by atoms with Gasteiger partial charge in [0.15, 0.2) is 34.5 Å². The van der Waals surface area contributed by atoms with E-state index in [1.807, 2.05) is 0 Å². The van der Waals surface area contributed by atoms with Gasteiger partial charge in [0.1, 0.15) is 24.4 Å². The van der Waals surface area contributed by atoms with Gasteiger partial charge in [-0.2, -0.15) is 0 Å². The maximum Gasteiger partial charge on any atom is 1.00 e. The Balaban J connectivity index is 0.00000544. The molecule has 0 spiro atoms. The third-order valence-electron chi connectivity index (χ3n) is 18.0. The molecular formula is C44H56F2NaO12P. The predicted molar refractivity (Wildman–Crippen MR) is 205 cm³/mol. The van der Waals surface area contributed by atoms with Gasteiger partial charge < -0.3 is 34.4 Å². The second kappa shape index (κ2) is 14.5. The van der Waals surface area contributed by atoms with Gasteiger partial charge in [-0.3, -0.25) is 23.7 Å². The van der Waals surface area contributed by atoms with Crippen molar-refractivity contribution < 1.29 is 96.4 Å². The summed E-state index contributed by atoms with van der Waals surface area (Å²) in [5.74, 6) is -6.97. The minimum Gasteiger partial charge on any atom is -0.756 e. The number of carbonyl (C=O) groups excluding carboxylic acids is 4. The summed E-state index contributed by atoms with van der Waals surface area (Å²) in [5, 5.41) is 47.7. The fourth-order valence-electron chi connectivity index (χ4n) is 14.8. The molecule has 6 fully saturated rings. The van der Waals surface area contributed by atoms with Crippen LogP contribution in [0.4, 0.5) is 8.78 Å². The van der Waals surface area contributed by atoms with Crippen LogP contribution in [0.2, 0.25) is 0 Å². The number of rotatable bonds is 8. The predicted octanol–water partition coefficient (Wildman–Crippen LogP) is 1.33. The van der Waals surface area contributed by atoms with E-state index in [2.05, 4.69) is 0 Å². The summed E-state index contributed by atoms with van der Waals surface area (Å²) in [6.07, 6.45) is 6.15. The van der Waals surface area contributed by atoms with Crippen LogP contribution in [0.1, 0.15) is 92.9 Å². The molecule has 0 bridgehead atoms. The van der Waals surface area contributed by atoms with Gasteiger partial charge in [-0.15, -0.1) is 0 Å². The summed E-state index contributed by atoms with van der Waals surface area (Å²) in [6.45, 7) is 7.36. The molecular weight excluding hydrogens is 812 g/mol. The molecule has 60 heavy (non-hydrogen) atoms. The molecule has 16 atom stereocenters. The smallest absolute Gasteiger partial charge is 0.756 e. The van der Waals surface area contributed by atoms with E-state index in [9.17, 15) is 49.1 Å². The van der Waals surface area contributed by atoms with Crippen molar-refractivity contribution in [3.8, 4) is 0 Å². The van der Waals surface area contributed by atoms with Gasteiger partial charge in [-0.25, -0.2) is 8.78 Å². The van der Waals surface area contributed by atoms with Crippen LogP contribution in [0, 0.1) is 57.2 Å². The van der Waals surface area contributed by atoms with E-state index in [0.29, 0.717) is 24.0 Å². The summed E-state index contributed by atoms with van der Waals surface area (Å²) < 4.78 is 58.3. The Labute approximate surface area is 371 Å². The van der Waals surface area contributed by atoms with E-state index in [-0.39, 0.29) is 79.6 Å². The Bertz CT molecular complexity index is 1950. The number of halogens is 2. The van der Waals surface area contributed by atoms with Crippen LogP contribution in [-0.4, -0.2) is 91.5 Å². The largest absolute Gasteiger partial charge is 1.00 e. The van der Waals surface area contributed by atoms with Crippen LogP contribution in [0.3, 0.4) is 0 Å². The Morgan fingerprint density at radius 3 is 1.43 bits per heavy atom. The van der Waals surface area contributed by atoms with E-state index in [1.54, 1.807) is 41.5 Å². The standard InChI is InChI=1S/C44H57F2O12P.Na/c1-23-15-31-29-9-7-25-17-27(47)11-13-37(25,3)41(29,45)33(49)19-39(31,5)43(23,53)35(51)21-57-59(55,56)58-22-36(52)44(54)24(2)16-32-30-10-8-26-18-28(48)12-14-38(26,4)42(30,46)34(50)20-40(32,44)6;/h11-14,17-18,23-24,29-34,49-50,53-54H,7-10,15-16,19-22H2,1-6H3,(H,55,56);/q;+1/p-1/t23-,24-,29-,30-,31-,32-,33-,34-,37-,38-,39-,40-,41-,42-,43-,44-;/m0./s1. The van der Waals surface area contributed by atoms with Crippen LogP contribution in [-0.2, 0) is 32.8 Å². The van der Waals surface area contributed by atoms with Crippen LogP contribution < -0.4 is 34.5 Å². The number of hydrogen-bond acceptors (Lipinski definition) is 12. The molecule has 0 radical (unpaired) electrons. The molecule has 16 heteroatoms. The summed E-state index contributed by atoms with van der Waals surface area (Å²) in [6, 6.07) is 0. The van der Waals surface area contributed by atoms with Crippen LogP contribution in [0.25, 0.3) is 0 Å². The van der Waals surface area contributed by atoms with Crippen LogP contribution in [0.15, 0.2) is 47.6 Å². The number of alkyl halides is 2. The SMILES string of the molecule is C[C@H]1C[C@H]2[C@@H]3CCC4=CC(=O)C=C[C@]4(C)[C@@]3(F)[C@@H](O)C[C@]2(C)[C@@]1(O)C(=O)COP(=O)([O-])OCC(=O)[C@@]1(O)[C@@H](C)C[C@H]2[C@@H]3CCC4=CC(=O)C=C[C@]4(C)[C@@]3(F)[C@@H](O)C[C@@]21C.[Na+]. The molecule has 0 aliphatic heterocycles. The van der Waals surface area contributed by atoms with Gasteiger partial charge in [0, 0.05) is 33.5 Å². The molecule has 0 aromatic heterocycles. The van der Waals surface area contributed by atoms with Crippen molar-refractivity contribution >= 4 is 31.0 Å². The van der Waals surface area contributed by atoms with Crippen molar-refractivity contribution in [3.05, 3.63) is 47.6 Å². The average Bonchev–Trinajstić information content (AvgIpc) is 3.49. The minimum absolute atomic E-state index is 0. The topological polar surface area (TPSA) is 208 Å². The van der Waals surface area contributed by atoms with E-state index in [1.165, 1.54) is 36.5 Å². The van der Waals surface area contributed by atoms with Crippen LogP contribution in [0.5, 0.6) is 0 Å². The fraction of sp³-hybridized carbons (Fsp3) is 0.727. The number of aliphatic hydroxyl groups is 4. The average molecular weight is 869 g/mol. The molecule has 4 N–H and O–H groups in total. The number of phosphoric ester groups is 1. The van der Waals surface area contributed by atoms with Gasteiger partial charge in [0.05, 0.1) is 12.2 Å². The van der Waals surface area contributed by atoms with Gasteiger partial charge >= 0.3 is 29.6 Å². The Kier molecular flexibility index (Phi) is 11.2. The second-order valence-corrected chi connectivity index (χ2v) is 21.6. The second-order valence-electron chi connectivity index (χ2n) is 20.2. The molecule has 8 rings (SSSR count). The fourth-order valence-corrected chi connectivity index (χ4v) is 15.4. The summed E-state index contributed by atoms with van der Waals surface area (Å²) in [5.41, 5.74) is -13.1. The number of phosphoric acid groups is 1. The molecule has 0 saturated heterocycles. The van der Waals surface area contributed by atoms with Crippen molar-refractivity contribution in [1.82, 2.24) is 0 Å². The van der Waals surface area contributed by atoms with Gasteiger partial charge in [-0.1, -0.05) is 51.0 Å². The number of ketones is 4. The third kappa shape index (κ3) is 5.70. The number of aliphatic hydroxyl groups excluding tert-OH is 2. The Morgan fingerprint density at radius 1 is 0.733 bits per heavy atom. The molecule has 6 saturated carbocycles. The number of allylic oxidation sites excluding steroid dienone is 8. The van der Waals surface area contributed by atoms with Gasteiger partial charge in [-0.05, 0) is 113 Å². The number of fused-ring (bicyclic) bond motifs is 10. The van der Waals surface area contributed by atoms with Crippen LogP contribution >= 0.6 is 7.82 Å². The van der Waals surface area contributed by atoms with E-state index in [0.717, 1.165) is 0 Å². The van der Waals surface area contributed by atoms with E-state index in [4.69, 9.17) is 9.05 Å². The molecule has 0 heterocycles. The normalized spacial score (nSPS) is 50.2. The molecule has 0 unspecified atom stereocenters. The maximum atomic E-state index is 17.5. The Morgan fingerprint density at radius 2 is 1.08 bits per heavy atom. The van der Waals surface area contributed by atoms with Crippen molar-refractivity contribution in [1.29, 1.82) is 0 Å². The van der Waals surface area contributed by atoms with Gasteiger partial charge in [0.2, 0.25) is 0 Å². The zero-order valence-electron chi connectivity index (χ0n) is 35.4. The minimum atomic E-state index is -5.47. The summed E-state index contributed by atoms with van der Waals surface area (Å²) >= 11 is 0. The van der Waals surface area contributed by atoms with Crippen molar-refractivity contribution in [3.63, 3.8) is 0 Å². The monoisotopic (exact) mass is 868 g/mol. The molecule has 8 aliphatic carbocycles. The zero-order valence-corrected chi connectivity index (χ0v) is 38.3. The van der Waals surface area contributed by atoms with Crippen molar-refractivity contribution in [2.45, 2.75) is 128 Å². The van der Waals surface area contributed by atoms with E-state index < -0.39 is 125 Å². The first-order chi connectivity index (χ1) is 27.2. The summed E-state index contributed by atoms with van der Waals surface area (Å²) in [4.78, 5) is 65.5. The number of hydrogen-bond donors (Lipinski definition) is 4. The quantitative estimate of drug-likeness (QED) is 0.201. The third-order valence-corrected chi connectivity index (χ3v) is 18.9. The number of carbonyl (C=O) groups is 4. The molecule has 8 aliphatic rings. The first-order valence-corrected chi connectivity index (χ1v) is 22.4. The first kappa shape index (κ1) is 46.4. The van der Waals surface area contributed by atoms with Gasteiger partial charge in [0.25, 0.3) is 7.82 Å². The number of Topliss-reactive ketones (excluding diaryl/α,β-unsaturated/α-hetero) is 2. The summed E-state index contributed by atoms with van der Waals surface area (Å²) in [7, 11) is -5.47. The molecule has 324 valence electrons. The van der Waals surface area contributed by atoms with E-state index >= 15 is 8.78 Å². The molecule has 0 amide bonds. The molecule has 0 aromatic rings. The maximum absolute atomic E-state index is 17.5. The molecule has 0 aromatic carbocycles. The Hall–Kier alpha value is -1.55. The first-order valence-electron chi connectivity index (χ1n) is 21.0.